The molecule has 31 heavy (non-hydrogen) atoms. The molecule has 3 rings (SSSR count). The van der Waals surface area contributed by atoms with Crippen molar-refractivity contribution in [3.63, 3.8) is 0 Å². The largest absolute Gasteiger partial charge is 0.496 e. The molecule has 0 aromatic heterocycles. The predicted octanol–water partition coefficient (Wildman–Crippen LogP) is 3.01. The van der Waals surface area contributed by atoms with E-state index in [2.05, 4.69) is 5.32 Å². The first-order valence-corrected chi connectivity index (χ1v) is 9.66. The normalized spacial score (nSPS) is 13.6. The van der Waals surface area contributed by atoms with E-state index in [9.17, 15) is 14.4 Å². The van der Waals surface area contributed by atoms with Crippen molar-refractivity contribution < 1.29 is 28.6 Å². The minimum Gasteiger partial charge on any atom is -0.496 e. The van der Waals surface area contributed by atoms with E-state index in [1.807, 2.05) is 0 Å². The molecule has 0 saturated carbocycles. The van der Waals surface area contributed by atoms with Gasteiger partial charge in [0.05, 0.1) is 27.9 Å². The number of hydrogen-bond acceptors (Lipinski definition) is 6. The second-order valence-electron chi connectivity index (χ2n) is 6.84. The molecule has 0 radical (unpaired) electrons. The lowest BCUT2D eigenvalue weighted by atomic mass is 10.1. The Hall–Kier alpha value is -3.81. The Kier molecular flexibility index (Phi) is 6.92. The van der Waals surface area contributed by atoms with E-state index in [1.54, 1.807) is 42.5 Å². The molecule has 1 aliphatic heterocycles. The van der Waals surface area contributed by atoms with E-state index < -0.39 is 0 Å². The molecule has 0 spiro atoms. The number of anilines is 1. The molecule has 0 aliphatic carbocycles. The summed E-state index contributed by atoms with van der Waals surface area (Å²) in [5, 5.41) is 2.77. The van der Waals surface area contributed by atoms with Crippen molar-refractivity contribution in [3.8, 4) is 17.2 Å². The maximum Gasteiger partial charge on any atom is 0.248 e. The third-order valence-corrected chi connectivity index (χ3v) is 4.87. The fourth-order valence-corrected chi connectivity index (χ4v) is 3.21. The number of rotatable bonds is 8. The Balaban J connectivity index is 1.65. The van der Waals surface area contributed by atoms with Crippen LogP contribution in [0.3, 0.4) is 0 Å². The first kappa shape index (κ1) is 21.9. The van der Waals surface area contributed by atoms with Gasteiger partial charge in [0.1, 0.15) is 5.75 Å². The van der Waals surface area contributed by atoms with Crippen LogP contribution in [0.5, 0.6) is 17.2 Å². The van der Waals surface area contributed by atoms with Gasteiger partial charge in [-0.25, -0.2) is 0 Å². The maximum atomic E-state index is 12.3. The highest BCUT2D eigenvalue weighted by Gasteiger charge is 2.28. The van der Waals surface area contributed by atoms with Crippen molar-refractivity contribution in [1.29, 1.82) is 0 Å². The summed E-state index contributed by atoms with van der Waals surface area (Å²) in [6, 6.07) is 10.4. The van der Waals surface area contributed by atoms with Gasteiger partial charge >= 0.3 is 0 Å². The van der Waals surface area contributed by atoms with E-state index >= 15 is 0 Å². The summed E-state index contributed by atoms with van der Waals surface area (Å²) >= 11 is 0. The second-order valence-corrected chi connectivity index (χ2v) is 6.84. The van der Waals surface area contributed by atoms with E-state index in [0.29, 0.717) is 28.5 Å². The highest BCUT2D eigenvalue weighted by Crippen LogP contribution is 2.35. The average Bonchev–Trinajstić information content (AvgIpc) is 3.10. The van der Waals surface area contributed by atoms with Gasteiger partial charge in [0.2, 0.25) is 17.7 Å². The van der Waals surface area contributed by atoms with Crippen LogP contribution < -0.4 is 19.5 Å². The molecule has 0 bridgehead atoms. The summed E-state index contributed by atoms with van der Waals surface area (Å²) in [5.41, 5.74) is 2.06. The number of methoxy groups -OCH3 is 3. The number of carbonyl (C=O) groups is 3. The third-order valence-electron chi connectivity index (χ3n) is 4.87. The number of hydrogen-bond donors (Lipinski definition) is 1. The summed E-state index contributed by atoms with van der Waals surface area (Å²) < 4.78 is 15.9. The molecule has 8 nitrogen and oxygen atoms in total. The predicted molar refractivity (Wildman–Crippen MR) is 115 cm³/mol. The van der Waals surface area contributed by atoms with Crippen LogP contribution in [-0.2, 0) is 20.9 Å². The third kappa shape index (κ3) is 5.22. The fourth-order valence-electron chi connectivity index (χ4n) is 3.21. The second kappa shape index (κ2) is 9.80. The smallest absolute Gasteiger partial charge is 0.248 e. The van der Waals surface area contributed by atoms with E-state index in [-0.39, 0.29) is 37.1 Å². The van der Waals surface area contributed by atoms with Gasteiger partial charge in [-0.05, 0) is 29.8 Å². The van der Waals surface area contributed by atoms with Crippen LogP contribution >= 0.6 is 0 Å². The van der Waals surface area contributed by atoms with Crippen molar-refractivity contribution >= 4 is 29.5 Å². The van der Waals surface area contributed by atoms with Gasteiger partial charge in [-0.15, -0.1) is 0 Å². The molecule has 2 aromatic carbocycles. The van der Waals surface area contributed by atoms with Gasteiger partial charge in [0.25, 0.3) is 0 Å². The molecule has 1 fully saturated rings. The molecule has 3 amide bonds. The number of amides is 3. The minimum absolute atomic E-state index is 0.155. The summed E-state index contributed by atoms with van der Waals surface area (Å²) in [5.74, 6) is 0.954. The first-order valence-electron chi connectivity index (χ1n) is 9.66. The zero-order valence-electron chi connectivity index (χ0n) is 17.6. The van der Waals surface area contributed by atoms with Gasteiger partial charge < -0.3 is 19.5 Å². The molecule has 1 N–H and O–H groups in total. The number of nitrogens with one attached hydrogen (secondary N) is 1. The van der Waals surface area contributed by atoms with Crippen LogP contribution in [0.25, 0.3) is 6.08 Å². The Labute approximate surface area is 180 Å². The van der Waals surface area contributed by atoms with Gasteiger partial charge in [0.15, 0.2) is 11.5 Å². The minimum atomic E-state index is -0.325. The Bertz CT molecular complexity index is 997. The number of likely N-dealkylation sites (tertiary alicyclic amines) is 1. The number of benzene rings is 2. The lowest BCUT2D eigenvalue weighted by Gasteiger charge is -2.14. The lowest BCUT2D eigenvalue weighted by molar-refractivity contribution is -0.139. The summed E-state index contributed by atoms with van der Waals surface area (Å²) in [6.07, 6.45) is 3.54. The van der Waals surface area contributed by atoms with Crippen LogP contribution in [0.1, 0.15) is 24.0 Å². The maximum absolute atomic E-state index is 12.3. The monoisotopic (exact) mass is 424 g/mol. The van der Waals surface area contributed by atoms with Crippen molar-refractivity contribution in [2.75, 3.05) is 26.6 Å². The summed E-state index contributed by atoms with van der Waals surface area (Å²) in [7, 11) is 4.60. The molecule has 1 aliphatic rings. The molecule has 162 valence electrons. The summed E-state index contributed by atoms with van der Waals surface area (Å²) in [4.78, 5) is 37.0. The average molecular weight is 424 g/mol. The van der Waals surface area contributed by atoms with E-state index in [4.69, 9.17) is 14.2 Å². The lowest BCUT2D eigenvalue weighted by Crippen LogP contribution is -2.28. The SMILES string of the molecule is COc1cc(OC)c(OC)cc1/C=C/C(=O)Nc1ccc(CN2C(=O)CCC2=O)cc1. The molecule has 1 saturated heterocycles. The van der Waals surface area contributed by atoms with Gasteiger partial charge in [-0.2, -0.15) is 0 Å². The van der Waals surface area contributed by atoms with Gasteiger partial charge in [0, 0.05) is 36.2 Å². The van der Waals surface area contributed by atoms with Crippen LogP contribution in [-0.4, -0.2) is 44.0 Å². The molecular weight excluding hydrogens is 400 g/mol. The number of imide groups is 1. The number of ether oxygens (including phenoxy) is 3. The molecule has 8 heteroatoms. The number of nitrogens with zero attached hydrogens (tertiary/aromatic N) is 1. The Morgan fingerprint density at radius 3 is 2.10 bits per heavy atom. The molecule has 1 heterocycles. The fraction of sp³-hybridized carbons (Fsp3) is 0.261. The Morgan fingerprint density at radius 1 is 0.935 bits per heavy atom. The highest BCUT2D eigenvalue weighted by molar-refractivity contribution is 6.02. The number of carbonyl (C=O) groups excluding carboxylic acids is 3. The molecular formula is C23H24N2O6. The van der Waals surface area contributed by atoms with Crippen LogP contribution in [0.15, 0.2) is 42.5 Å². The van der Waals surface area contributed by atoms with Crippen LogP contribution in [0, 0.1) is 0 Å². The van der Waals surface area contributed by atoms with Crippen molar-refractivity contribution in [2.24, 2.45) is 0 Å². The molecule has 2 aromatic rings. The van der Waals surface area contributed by atoms with Gasteiger partial charge in [-0.1, -0.05) is 12.1 Å². The Morgan fingerprint density at radius 2 is 1.52 bits per heavy atom. The molecule has 0 atom stereocenters. The zero-order chi connectivity index (χ0) is 22.4. The van der Waals surface area contributed by atoms with E-state index in [1.165, 1.54) is 32.3 Å². The van der Waals surface area contributed by atoms with Crippen molar-refractivity contribution in [3.05, 3.63) is 53.6 Å². The van der Waals surface area contributed by atoms with Crippen molar-refractivity contribution in [2.45, 2.75) is 19.4 Å². The quantitative estimate of drug-likeness (QED) is 0.517. The topological polar surface area (TPSA) is 94.2 Å². The molecule has 0 unspecified atom stereocenters. The van der Waals surface area contributed by atoms with Gasteiger partial charge in [-0.3, -0.25) is 19.3 Å². The van der Waals surface area contributed by atoms with Crippen LogP contribution in [0.2, 0.25) is 0 Å². The first-order chi connectivity index (χ1) is 14.9. The zero-order valence-corrected chi connectivity index (χ0v) is 17.6. The standard InChI is InChI=1S/C23H24N2O6/c1-29-18-13-20(31-3)19(30-2)12-16(18)6-9-21(26)24-17-7-4-15(5-8-17)14-25-22(27)10-11-23(25)28/h4-9,12-13H,10-11,14H2,1-3H3,(H,24,26)/b9-6+. The van der Waals surface area contributed by atoms with E-state index in [0.717, 1.165) is 5.56 Å². The van der Waals surface area contributed by atoms with Crippen molar-refractivity contribution in [1.82, 2.24) is 4.90 Å². The van der Waals surface area contributed by atoms with Crippen LogP contribution in [0.4, 0.5) is 5.69 Å². The summed E-state index contributed by atoms with van der Waals surface area (Å²) in [6.45, 7) is 0.241. The highest BCUT2D eigenvalue weighted by atomic mass is 16.5.